The van der Waals surface area contributed by atoms with E-state index in [4.69, 9.17) is 37.2 Å². The fraction of sp³-hybridized carbons (Fsp3) is 0.167. The van der Waals surface area contributed by atoms with Gasteiger partial charge in [-0.1, -0.05) is 34.4 Å². The first-order chi connectivity index (χ1) is 13.0. The van der Waals surface area contributed by atoms with Gasteiger partial charge >= 0.3 is 11.8 Å². The summed E-state index contributed by atoms with van der Waals surface area (Å²) in [6.07, 6.45) is 0. The summed E-state index contributed by atoms with van der Waals surface area (Å²) in [6.45, 7) is 0.197. The molecule has 0 radical (unpaired) electrons. The topological polar surface area (TPSA) is 86.5 Å². The van der Waals surface area contributed by atoms with Gasteiger partial charge in [0.05, 0.1) is 14.2 Å². The van der Waals surface area contributed by atoms with E-state index in [0.717, 1.165) is 0 Å². The highest BCUT2D eigenvalue weighted by Gasteiger charge is 2.17. The Hall–Kier alpha value is -2.77. The number of hydrogen-bond acceptors (Lipinski definition) is 6. The van der Waals surface area contributed by atoms with Crippen LogP contribution in [-0.2, 0) is 6.54 Å². The number of hydrogen-bond donors (Lipinski definition) is 1. The van der Waals surface area contributed by atoms with Gasteiger partial charge in [0, 0.05) is 22.2 Å². The number of methoxy groups -OCH3 is 2. The number of carbonyl (C=O) groups excluding carboxylic acids is 1. The molecule has 0 unspecified atom stereocenters. The highest BCUT2D eigenvalue weighted by Crippen LogP contribution is 2.31. The van der Waals surface area contributed by atoms with Gasteiger partial charge in [0.1, 0.15) is 0 Å². The van der Waals surface area contributed by atoms with Crippen LogP contribution in [0, 0.1) is 0 Å². The minimum atomic E-state index is -0.514. The fourth-order valence-corrected chi connectivity index (χ4v) is 2.80. The van der Waals surface area contributed by atoms with Gasteiger partial charge in [-0.3, -0.25) is 4.79 Å². The van der Waals surface area contributed by atoms with Gasteiger partial charge in [0.15, 0.2) is 11.5 Å². The molecule has 0 fully saturated rings. The van der Waals surface area contributed by atoms with Crippen molar-refractivity contribution in [3.63, 3.8) is 0 Å². The Bertz CT molecular complexity index is 975. The normalized spacial score (nSPS) is 10.5. The molecule has 0 saturated heterocycles. The van der Waals surface area contributed by atoms with E-state index in [-0.39, 0.29) is 18.3 Å². The van der Waals surface area contributed by atoms with Crippen molar-refractivity contribution in [2.45, 2.75) is 6.54 Å². The molecule has 3 rings (SSSR count). The van der Waals surface area contributed by atoms with Crippen LogP contribution in [0.25, 0.3) is 11.4 Å². The zero-order chi connectivity index (χ0) is 19.4. The fourth-order valence-electron chi connectivity index (χ4n) is 2.32. The molecule has 0 bridgehead atoms. The third-order valence-corrected chi connectivity index (χ3v) is 4.30. The Balaban J connectivity index is 1.72. The summed E-state index contributed by atoms with van der Waals surface area (Å²) in [6, 6.07) is 10.2. The quantitative estimate of drug-likeness (QED) is 0.664. The average molecular weight is 408 g/mol. The van der Waals surface area contributed by atoms with Crippen molar-refractivity contribution in [1.29, 1.82) is 0 Å². The molecule has 2 aromatic carbocycles. The Kier molecular flexibility index (Phi) is 5.83. The van der Waals surface area contributed by atoms with Gasteiger partial charge in [-0.2, -0.15) is 4.98 Å². The minimum Gasteiger partial charge on any atom is -0.493 e. The van der Waals surface area contributed by atoms with Crippen LogP contribution < -0.4 is 14.8 Å². The van der Waals surface area contributed by atoms with Crippen molar-refractivity contribution in [2.24, 2.45) is 0 Å². The predicted molar refractivity (Wildman–Crippen MR) is 100 cm³/mol. The maximum atomic E-state index is 12.2. The van der Waals surface area contributed by atoms with Crippen LogP contribution in [0.1, 0.15) is 16.2 Å². The summed E-state index contributed by atoms with van der Waals surface area (Å²) < 4.78 is 15.5. The molecule has 7 nitrogen and oxygen atoms in total. The second-order valence-corrected chi connectivity index (χ2v) is 6.25. The predicted octanol–water partition coefficient (Wildman–Crippen LogP) is 3.99. The Morgan fingerprint density at radius 3 is 2.59 bits per heavy atom. The average Bonchev–Trinajstić information content (AvgIpc) is 3.16. The second kappa shape index (κ2) is 8.28. The molecule has 0 spiro atoms. The number of amides is 1. The van der Waals surface area contributed by atoms with E-state index in [1.54, 1.807) is 43.5 Å². The highest BCUT2D eigenvalue weighted by atomic mass is 35.5. The lowest BCUT2D eigenvalue weighted by Gasteiger charge is -2.07. The molecular formula is C18H15Cl2N3O4. The molecule has 1 amide bonds. The molecule has 1 N–H and O–H groups in total. The van der Waals surface area contributed by atoms with Crippen molar-refractivity contribution in [3.8, 4) is 22.9 Å². The molecular weight excluding hydrogens is 393 g/mol. The molecule has 0 aliphatic rings. The lowest BCUT2D eigenvalue weighted by atomic mass is 10.2. The Labute approximate surface area is 165 Å². The number of nitrogens with zero attached hydrogens (tertiary/aromatic N) is 2. The zero-order valence-electron chi connectivity index (χ0n) is 14.5. The van der Waals surface area contributed by atoms with E-state index in [9.17, 15) is 4.79 Å². The van der Waals surface area contributed by atoms with Gasteiger partial charge in [-0.15, -0.1) is 0 Å². The number of halogens is 2. The number of carbonyl (C=O) groups is 1. The molecule has 3 aromatic rings. The highest BCUT2D eigenvalue weighted by molar-refractivity contribution is 6.35. The standard InChI is InChI=1S/C18H15Cl2N3O4/c1-25-14-6-4-10(7-15(14)26-2)16-22-18(27-23-16)17(24)21-9-11-3-5-12(19)8-13(11)20/h3-8H,9H2,1-2H3,(H,21,24). The van der Waals surface area contributed by atoms with Crippen molar-refractivity contribution in [1.82, 2.24) is 15.5 Å². The number of rotatable bonds is 6. The molecule has 1 aromatic heterocycles. The molecule has 1 heterocycles. The number of ether oxygens (including phenoxy) is 2. The summed E-state index contributed by atoms with van der Waals surface area (Å²) in [4.78, 5) is 16.4. The van der Waals surface area contributed by atoms with E-state index in [1.807, 2.05) is 0 Å². The van der Waals surface area contributed by atoms with E-state index < -0.39 is 5.91 Å². The molecule has 27 heavy (non-hydrogen) atoms. The van der Waals surface area contributed by atoms with E-state index in [2.05, 4.69) is 15.5 Å². The Morgan fingerprint density at radius 1 is 1.11 bits per heavy atom. The Morgan fingerprint density at radius 2 is 1.89 bits per heavy atom. The van der Waals surface area contributed by atoms with Crippen LogP contribution in [0.2, 0.25) is 10.0 Å². The van der Waals surface area contributed by atoms with E-state index in [0.29, 0.717) is 32.7 Å². The number of benzene rings is 2. The minimum absolute atomic E-state index is 0.162. The van der Waals surface area contributed by atoms with Crippen LogP contribution in [0.5, 0.6) is 11.5 Å². The SMILES string of the molecule is COc1ccc(-c2noc(C(=O)NCc3ccc(Cl)cc3Cl)n2)cc1OC. The van der Waals surface area contributed by atoms with Crippen molar-refractivity contribution in [2.75, 3.05) is 14.2 Å². The van der Waals surface area contributed by atoms with E-state index >= 15 is 0 Å². The van der Waals surface area contributed by atoms with Crippen molar-refractivity contribution in [3.05, 3.63) is 57.9 Å². The maximum Gasteiger partial charge on any atom is 0.316 e. The second-order valence-electron chi connectivity index (χ2n) is 5.41. The van der Waals surface area contributed by atoms with Gasteiger partial charge in [0.2, 0.25) is 5.82 Å². The lowest BCUT2D eigenvalue weighted by molar-refractivity contribution is 0.0907. The van der Waals surface area contributed by atoms with Crippen LogP contribution in [0.15, 0.2) is 40.9 Å². The molecule has 0 saturated carbocycles. The van der Waals surface area contributed by atoms with Gasteiger partial charge in [0.25, 0.3) is 0 Å². The van der Waals surface area contributed by atoms with Crippen LogP contribution in [0.3, 0.4) is 0 Å². The van der Waals surface area contributed by atoms with Crippen LogP contribution in [0.4, 0.5) is 0 Å². The molecule has 0 aliphatic heterocycles. The third-order valence-electron chi connectivity index (χ3n) is 3.72. The monoisotopic (exact) mass is 407 g/mol. The molecule has 140 valence electrons. The van der Waals surface area contributed by atoms with Crippen molar-refractivity contribution < 1.29 is 18.8 Å². The zero-order valence-corrected chi connectivity index (χ0v) is 16.0. The molecule has 9 heteroatoms. The summed E-state index contributed by atoms with van der Waals surface area (Å²) in [7, 11) is 3.07. The number of nitrogens with one attached hydrogen (secondary N) is 1. The smallest absolute Gasteiger partial charge is 0.316 e. The third kappa shape index (κ3) is 4.32. The largest absolute Gasteiger partial charge is 0.493 e. The summed E-state index contributed by atoms with van der Waals surface area (Å²) in [5.74, 6) is 0.668. The summed E-state index contributed by atoms with van der Waals surface area (Å²) in [5, 5.41) is 7.49. The van der Waals surface area contributed by atoms with Crippen molar-refractivity contribution >= 4 is 29.1 Å². The van der Waals surface area contributed by atoms with Crippen LogP contribution >= 0.6 is 23.2 Å². The first-order valence-electron chi connectivity index (χ1n) is 7.80. The molecule has 0 aliphatic carbocycles. The maximum absolute atomic E-state index is 12.2. The number of aromatic nitrogens is 2. The van der Waals surface area contributed by atoms with Gasteiger partial charge in [-0.25, -0.2) is 0 Å². The van der Waals surface area contributed by atoms with E-state index in [1.165, 1.54) is 7.11 Å². The summed E-state index contributed by atoms with van der Waals surface area (Å²) in [5.41, 5.74) is 1.34. The first kappa shape index (κ1) is 19.0. The summed E-state index contributed by atoms with van der Waals surface area (Å²) >= 11 is 11.9. The van der Waals surface area contributed by atoms with Gasteiger partial charge < -0.3 is 19.3 Å². The lowest BCUT2D eigenvalue weighted by Crippen LogP contribution is -2.23. The molecule has 0 atom stereocenters. The van der Waals surface area contributed by atoms with Crippen LogP contribution in [-0.4, -0.2) is 30.3 Å². The van der Waals surface area contributed by atoms with Gasteiger partial charge in [-0.05, 0) is 35.9 Å². The first-order valence-corrected chi connectivity index (χ1v) is 8.55.